The first-order chi connectivity index (χ1) is 11.8. The monoisotopic (exact) mass is 369 g/mol. The van der Waals surface area contributed by atoms with Crippen molar-refractivity contribution in [2.45, 2.75) is 17.7 Å². The molecular weight excluding hydrogens is 342 g/mol. The van der Waals surface area contributed by atoms with Gasteiger partial charge in [0.15, 0.2) is 0 Å². The molecule has 1 unspecified atom stereocenters. The van der Waals surface area contributed by atoms with Gasteiger partial charge in [-0.2, -0.15) is 0 Å². The number of hydrogen-bond acceptors (Lipinski definition) is 5. The fourth-order valence-corrected chi connectivity index (χ4v) is 4.17. The minimum atomic E-state index is -3.70. The Balaban J connectivity index is 2.32. The molecule has 0 radical (unpaired) electrons. The number of nitrogens with zero attached hydrogens (tertiary/aromatic N) is 2. The average Bonchev–Trinajstić information content (AvgIpc) is 2.61. The van der Waals surface area contributed by atoms with E-state index in [1.807, 2.05) is 7.05 Å². The molecule has 1 aromatic carbocycles. The van der Waals surface area contributed by atoms with Crippen LogP contribution in [0.5, 0.6) is 5.75 Å². The molecule has 1 aromatic rings. The Bertz CT molecular complexity index is 717. The van der Waals surface area contributed by atoms with Crippen LogP contribution in [-0.4, -0.2) is 71.4 Å². The summed E-state index contributed by atoms with van der Waals surface area (Å²) in [4.78, 5) is 14.7. The lowest BCUT2D eigenvalue weighted by molar-refractivity contribution is 0.0674. The number of piperidine rings is 1. The molecule has 1 atom stereocenters. The Morgan fingerprint density at radius 1 is 1.40 bits per heavy atom. The molecule has 140 valence electrons. The van der Waals surface area contributed by atoms with Crippen LogP contribution in [0.15, 0.2) is 23.1 Å². The third-order valence-electron chi connectivity index (χ3n) is 4.47. The molecule has 0 aliphatic carbocycles. The van der Waals surface area contributed by atoms with Gasteiger partial charge in [-0.1, -0.05) is 0 Å². The lowest BCUT2D eigenvalue weighted by Crippen LogP contribution is -2.42. The first-order valence-electron chi connectivity index (χ1n) is 8.35. The Labute approximate surface area is 150 Å². The molecule has 7 nitrogen and oxygen atoms in total. The van der Waals surface area contributed by atoms with Crippen LogP contribution < -0.4 is 10.1 Å². The predicted molar refractivity (Wildman–Crippen MR) is 96.4 cm³/mol. The van der Waals surface area contributed by atoms with Gasteiger partial charge >= 0.3 is 0 Å². The molecule has 0 bridgehead atoms. The van der Waals surface area contributed by atoms with Crippen molar-refractivity contribution in [3.8, 4) is 5.75 Å². The number of carbonyl (C=O) groups is 1. The van der Waals surface area contributed by atoms with E-state index in [0.717, 1.165) is 23.7 Å². The van der Waals surface area contributed by atoms with E-state index < -0.39 is 10.0 Å². The van der Waals surface area contributed by atoms with Gasteiger partial charge < -0.3 is 15.0 Å². The summed E-state index contributed by atoms with van der Waals surface area (Å²) >= 11 is 0. The highest BCUT2D eigenvalue weighted by Crippen LogP contribution is 2.28. The summed E-state index contributed by atoms with van der Waals surface area (Å²) in [6, 6.07) is 4.58. The van der Waals surface area contributed by atoms with Crippen LogP contribution in [0.25, 0.3) is 0 Å². The highest BCUT2D eigenvalue weighted by atomic mass is 32.2. The first-order valence-corrected chi connectivity index (χ1v) is 9.79. The lowest BCUT2D eigenvalue weighted by Gasteiger charge is -2.33. The largest absolute Gasteiger partial charge is 0.495 e. The predicted octanol–water partition coefficient (Wildman–Crippen LogP) is 1.02. The van der Waals surface area contributed by atoms with Crippen molar-refractivity contribution in [3.05, 3.63) is 23.8 Å². The maximum Gasteiger partial charge on any atom is 0.253 e. The van der Waals surface area contributed by atoms with Gasteiger partial charge in [-0.05, 0) is 50.6 Å². The molecule has 0 aromatic heterocycles. The molecule has 25 heavy (non-hydrogen) atoms. The standard InChI is InChI=1S/C17H27N3O4S/c1-18-11-13-6-5-9-20(12-13)17(21)14-7-8-15(24-4)16(10-14)25(22,23)19(2)3/h7-8,10,13,18H,5-6,9,11-12H2,1-4H3. The number of ether oxygens (including phenoxy) is 1. The zero-order chi connectivity index (χ0) is 18.6. The summed E-state index contributed by atoms with van der Waals surface area (Å²) in [6.07, 6.45) is 2.05. The second kappa shape index (κ2) is 8.16. The number of benzene rings is 1. The molecule has 1 saturated heterocycles. The van der Waals surface area contributed by atoms with E-state index in [-0.39, 0.29) is 16.6 Å². The summed E-state index contributed by atoms with van der Waals surface area (Å²) in [5, 5.41) is 3.15. The number of methoxy groups -OCH3 is 1. The summed E-state index contributed by atoms with van der Waals surface area (Å²) in [5.74, 6) is 0.515. The number of amides is 1. The number of sulfonamides is 1. The molecule has 1 amide bonds. The minimum Gasteiger partial charge on any atom is -0.495 e. The molecular formula is C17H27N3O4S. The van der Waals surface area contributed by atoms with Crippen molar-refractivity contribution in [1.82, 2.24) is 14.5 Å². The van der Waals surface area contributed by atoms with E-state index in [0.29, 0.717) is 24.6 Å². The molecule has 2 rings (SSSR count). The van der Waals surface area contributed by atoms with Crippen LogP contribution in [0.3, 0.4) is 0 Å². The lowest BCUT2D eigenvalue weighted by atomic mass is 9.97. The number of rotatable bonds is 6. The van der Waals surface area contributed by atoms with Gasteiger partial charge in [-0.3, -0.25) is 4.79 Å². The van der Waals surface area contributed by atoms with Crippen molar-refractivity contribution < 1.29 is 17.9 Å². The van der Waals surface area contributed by atoms with Crippen LogP contribution in [0.2, 0.25) is 0 Å². The summed E-state index contributed by atoms with van der Waals surface area (Å²) in [6.45, 7) is 2.24. The Morgan fingerprint density at radius 3 is 2.72 bits per heavy atom. The summed E-state index contributed by atoms with van der Waals surface area (Å²) < 4.78 is 31.3. The molecule has 0 spiro atoms. The first kappa shape index (κ1) is 19.7. The SMILES string of the molecule is CNCC1CCCN(C(=O)c2ccc(OC)c(S(=O)(=O)N(C)C)c2)C1. The quantitative estimate of drug-likeness (QED) is 0.810. The second-order valence-electron chi connectivity index (χ2n) is 6.47. The van der Waals surface area contributed by atoms with E-state index in [9.17, 15) is 13.2 Å². The van der Waals surface area contributed by atoms with Gasteiger partial charge in [0.05, 0.1) is 7.11 Å². The molecule has 1 aliphatic rings. The zero-order valence-electron chi connectivity index (χ0n) is 15.3. The molecule has 1 N–H and O–H groups in total. The van der Waals surface area contributed by atoms with Gasteiger partial charge in [0.2, 0.25) is 10.0 Å². The topological polar surface area (TPSA) is 79.0 Å². The van der Waals surface area contributed by atoms with Gasteiger partial charge in [0, 0.05) is 32.7 Å². The van der Waals surface area contributed by atoms with Gasteiger partial charge in [-0.25, -0.2) is 12.7 Å². The third kappa shape index (κ3) is 4.31. The molecule has 1 heterocycles. The van der Waals surface area contributed by atoms with Crippen LogP contribution in [0.1, 0.15) is 23.2 Å². The summed E-state index contributed by atoms with van der Waals surface area (Å²) in [5.41, 5.74) is 0.367. The summed E-state index contributed by atoms with van der Waals surface area (Å²) in [7, 11) is 2.53. The van der Waals surface area contributed by atoms with Gasteiger partial charge in [0.25, 0.3) is 5.91 Å². The van der Waals surface area contributed by atoms with Crippen molar-refractivity contribution >= 4 is 15.9 Å². The van der Waals surface area contributed by atoms with E-state index in [1.54, 1.807) is 17.0 Å². The van der Waals surface area contributed by atoms with E-state index >= 15 is 0 Å². The van der Waals surface area contributed by atoms with Crippen LogP contribution in [0, 0.1) is 5.92 Å². The smallest absolute Gasteiger partial charge is 0.253 e. The second-order valence-corrected chi connectivity index (χ2v) is 8.59. The number of carbonyl (C=O) groups excluding carboxylic acids is 1. The molecule has 8 heteroatoms. The highest BCUT2D eigenvalue weighted by molar-refractivity contribution is 7.89. The van der Waals surface area contributed by atoms with Crippen molar-refractivity contribution in [2.24, 2.45) is 5.92 Å². The fraction of sp³-hybridized carbons (Fsp3) is 0.588. The maximum atomic E-state index is 12.9. The maximum absolute atomic E-state index is 12.9. The Morgan fingerprint density at radius 2 is 2.12 bits per heavy atom. The molecule has 1 aliphatic heterocycles. The average molecular weight is 369 g/mol. The van der Waals surface area contributed by atoms with Crippen molar-refractivity contribution in [1.29, 1.82) is 0 Å². The van der Waals surface area contributed by atoms with Crippen LogP contribution >= 0.6 is 0 Å². The van der Waals surface area contributed by atoms with Crippen LogP contribution in [-0.2, 0) is 10.0 Å². The van der Waals surface area contributed by atoms with E-state index in [4.69, 9.17) is 4.74 Å². The van der Waals surface area contributed by atoms with Crippen molar-refractivity contribution in [3.63, 3.8) is 0 Å². The van der Waals surface area contributed by atoms with Crippen molar-refractivity contribution in [2.75, 3.05) is 47.9 Å². The highest BCUT2D eigenvalue weighted by Gasteiger charge is 2.27. The zero-order valence-corrected chi connectivity index (χ0v) is 16.1. The van der Waals surface area contributed by atoms with Gasteiger partial charge in [-0.15, -0.1) is 0 Å². The van der Waals surface area contributed by atoms with E-state index in [1.165, 1.54) is 27.3 Å². The number of likely N-dealkylation sites (tertiary alicyclic amines) is 1. The van der Waals surface area contributed by atoms with E-state index in [2.05, 4.69) is 5.32 Å². The number of nitrogens with one attached hydrogen (secondary N) is 1. The normalized spacial score (nSPS) is 18.4. The molecule has 0 saturated carbocycles. The number of hydrogen-bond donors (Lipinski definition) is 1. The Kier molecular flexibility index (Phi) is 6.42. The van der Waals surface area contributed by atoms with Gasteiger partial charge in [0.1, 0.15) is 10.6 Å². The Hall–Kier alpha value is -1.64. The molecule has 1 fully saturated rings. The fourth-order valence-electron chi connectivity index (χ4n) is 3.10. The minimum absolute atomic E-state index is 0.00892. The van der Waals surface area contributed by atoms with Crippen LogP contribution in [0.4, 0.5) is 0 Å². The third-order valence-corrected chi connectivity index (χ3v) is 6.30.